The van der Waals surface area contributed by atoms with Gasteiger partial charge in [0.2, 0.25) is 5.91 Å². The molecule has 0 saturated heterocycles. The van der Waals surface area contributed by atoms with Gasteiger partial charge in [0.25, 0.3) is 0 Å². The average Bonchev–Trinajstić information content (AvgIpc) is 3.31. The number of thiophene rings is 1. The third kappa shape index (κ3) is 2.82. The van der Waals surface area contributed by atoms with Gasteiger partial charge in [0.15, 0.2) is 0 Å². The van der Waals surface area contributed by atoms with Gasteiger partial charge in [-0.3, -0.25) is 4.79 Å². The van der Waals surface area contributed by atoms with Crippen molar-refractivity contribution in [2.45, 2.75) is 25.9 Å². The van der Waals surface area contributed by atoms with Crippen LogP contribution >= 0.6 is 11.3 Å². The zero-order chi connectivity index (χ0) is 15.6. The minimum Gasteiger partial charge on any atom is -0.365 e. The maximum absolute atomic E-state index is 12.4. The molecular weight excluding hydrogens is 308 g/mol. The third-order valence-electron chi connectivity index (χ3n) is 4.26. The molecule has 5 nitrogen and oxygen atoms in total. The van der Waals surface area contributed by atoms with Gasteiger partial charge < -0.3 is 14.5 Å². The van der Waals surface area contributed by atoms with E-state index in [0.29, 0.717) is 13.0 Å². The standard InChI is InChI=1S/C17H18N4OS/c22-17(6-5-13-3-1-7-18-13)20-8-9-21-14(11-19-16(21)12-20)15-4-2-10-23-15/h1-4,7,10-11,18H,5-6,8-9,12H2. The number of nitrogens with one attached hydrogen (secondary N) is 1. The molecule has 0 aromatic carbocycles. The number of fused-ring (bicyclic) bond motifs is 1. The largest absolute Gasteiger partial charge is 0.365 e. The van der Waals surface area contributed by atoms with Crippen molar-refractivity contribution in [3.05, 3.63) is 53.6 Å². The molecule has 3 aromatic rings. The molecule has 0 radical (unpaired) electrons. The summed E-state index contributed by atoms with van der Waals surface area (Å²) in [5, 5.41) is 2.08. The van der Waals surface area contributed by atoms with E-state index in [9.17, 15) is 4.79 Å². The predicted octanol–water partition coefficient (Wildman–Crippen LogP) is 2.91. The number of carbonyl (C=O) groups is 1. The van der Waals surface area contributed by atoms with E-state index in [-0.39, 0.29) is 5.91 Å². The van der Waals surface area contributed by atoms with E-state index in [2.05, 4.69) is 32.0 Å². The van der Waals surface area contributed by atoms with E-state index < -0.39 is 0 Å². The number of nitrogens with zero attached hydrogens (tertiary/aromatic N) is 3. The highest BCUT2D eigenvalue weighted by molar-refractivity contribution is 7.13. The molecule has 6 heteroatoms. The van der Waals surface area contributed by atoms with Crippen molar-refractivity contribution in [2.24, 2.45) is 0 Å². The molecule has 1 amide bonds. The molecule has 0 atom stereocenters. The quantitative estimate of drug-likeness (QED) is 0.801. The minimum atomic E-state index is 0.200. The van der Waals surface area contributed by atoms with Crippen molar-refractivity contribution >= 4 is 17.2 Å². The minimum absolute atomic E-state index is 0.200. The number of amides is 1. The SMILES string of the molecule is O=C(CCc1ccc[nH]1)N1CCn2c(-c3cccs3)cnc2C1. The second kappa shape index (κ2) is 6.04. The highest BCUT2D eigenvalue weighted by atomic mass is 32.1. The van der Waals surface area contributed by atoms with Crippen molar-refractivity contribution in [2.75, 3.05) is 6.54 Å². The Hall–Kier alpha value is -2.34. The van der Waals surface area contributed by atoms with Crippen molar-refractivity contribution in [1.82, 2.24) is 19.4 Å². The lowest BCUT2D eigenvalue weighted by Crippen LogP contribution is -2.38. The van der Waals surface area contributed by atoms with Crippen molar-refractivity contribution in [3.63, 3.8) is 0 Å². The lowest BCUT2D eigenvalue weighted by Gasteiger charge is -2.28. The van der Waals surface area contributed by atoms with Crippen molar-refractivity contribution in [3.8, 4) is 10.6 Å². The lowest BCUT2D eigenvalue weighted by molar-refractivity contribution is -0.132. The molecule has 0 aliphatic carbocycles. The Balaban J connectivity index is 1.44. The predicted molar refractivity (Wildman–Crippen MR) is 90.1 cm³/mol. The van der Waals surface area contributed by atoms with Gasteiger partial charge in [-0.05, 0) is 30.0 Å². The van der Waals surface area contributed by atoms with Crippen LogP contribution in [0, 0.1) is 0 Å². The van der Waals surface area contributed by atoms with Gasteiger partial charge in [-0.2, -0.15) is 0 Å². The van der Waals surface area contributed by atoms with Crippen LogP contribution in [0.2, 0.25) is 0 Å². The number of hydrogen-bond donors (Lipinski definition) is 1. The molecule has 0 bridgehead atoms. The fraction of sp³-hybridized carbons (Fsp3) is 0.294. The Morgan fingerprint density at radius 1 is 1.30 bits per heavy atom. The summed E-state index contributed by atoms with van der Waals surface area (Å²) in [6.07, 6.45) is 5.12. The summed E-state index contributed by atoms with van der Waals surface area (Å²) in [5.41, 5.74) is 2.27. The van der Waals surface area contributed by atoms with E-state index in [1.165, 1.54) is 4.88 Å². The van der Waals surface area contributed by atoms with Gasteiger partial charge in [0.1, 0.15) is 5.82 Å². The topological polar surface area (TPSA) is 53.9 Å². The highest BCUT2D eigenvalue weighted by Gasteiger charge is 2.23. The maximum atomic E-state index is 12.4. The normalized spacial score (nSPS) is 14.0. The van der Waals surface area contributed by atoms with Crippen molar-refractivity contribution in [1.29, 1.82) is 0 Å². The van der Waals surface area contributed by atoms with Gasteiger partial charge in [-0.25, -0.2) is 4.98 Å². The Labute approximate surface area is 138 Å². The van der Waals surface area contributed by atoms with E-state index in [0.717, 1.165) is 36.7 Å². The van der Waals surface area contributed by atoms with E-state index in [1.807, 2.05) is 29.4 Å². The fourth-order valence-corrected chi connectivity index (χ4v) is 3.76. The first-order valence-electron chi connectivity index (χ1n) is 7.79. The molecule has 1 N–H and O–H groups in total. The Morgan fingerprint density at radius 2 is 2.26 bits per heavy atom. The molecule has 0 saturated carbocycles. The summed E-state index contributed by atoms with van der Waals surface area (Å²) < 4.78 is 2.24. The van der Waals surface area contributed by atoms with Crippen LogP contribution in [0.1, 0.15) is 17.9 Å². The van der Waals surface area contributed by atoms with Gasteiger partial charge >= 0.3 is 0 Å². The van der Waals surface area contributed by atoms with Crippen LogP contribution in [-0.2, 0) is 24.3 Å². The Bertz CT molecular complexity index is 789. The average molecular weight is 326 g/mol. The summed E-state index contributed by atoms with van der Waals surface area (Å²) in [5.74, 6) is 1.18. The molecule has 0 spiro atoms. The van der Waals surface area contributed by atoms with Gasteiger partial charge in [-0.15, -0.1) is 11.3 Å². The van der Waals surface area contributed by atoms with E-state index in [1.54, 1.807) is 11.3 Å². The van der Waals surface area contributed by atoms with Gasteiger partial charge in [-0.1, -0.05) is 6.07 Å². The van der Waals surface area contributed by atoms with Crippen LogP contribution in [-0.4, -0.2) is 31.9 Å². The van der Waals surface area contributed by atoms with Crippen molar-refractivity contribution < 1.29 is 4.79 Å². The fourth-order valence-electron chi connectivity index (χ4n) is 3.02. The lowest BCUT2D eigenvalue weighted by atomic mass is 10.2. The number of hydrogen-bond acceptors (Lipinski definition) is 3. The van der Waals surface area contributed by atoms with Gasteiger partial charge in [0.05, 0.1) is 23.3 Å². The first kappa shape index (κ1) is 14.3. The second-order valence-corrected chi connectivity index (χ2v) is 6.65. The van der Waals surface area contributed by atoms with E-state index in [4.69, 9.17) is 0 Å². The molecule has 1 aliphatic heterocycles. The molecule has 3 aromatic heterocycles. The van der Waals surface area contributed by atoms with Crippen LogP contribution in [0.15, 0.2) is 42.0 Å². The third-order valence-corrected chi connectivity index (χ3v) is 5.15. The molecule has 4 rings (SSSR count). The first-order chi connectivity index (χ1) is 11.3. The smallest absolute Gasteiger partial charge is 0.223 e. The zero-order valence-electron chi connectivity index (χ0n) is 12.7. The zero-order valence-corrected chi connectivity index (χ0v) is 13.6. The van der Waals surface area contributed by atoms with E-state index >= 15 is 0 Å². The number of carbonyl (C=O) groups excluding carboxylic acids is 1. The molecule has 23 heavy (non-hydrogen) atoms. The van der Waals surface area contributed by atoms with Crippen LogP contribution in [0.25, 0.3) is 10.6 Å². The van der Waals surface area contributed by atoms with Crippen LogP contribution < -0.4 is 0 Å². The first-order valence-corrected chi connectivity index (χ1v) is 8.67. The van der Waals surface area contributed by atoms with Crippen LogP contribution in [0.5, 0.6) is 0 Å². The summed E-state index contributed by atoms with van der Waals surface area (Å²) in [4.78, 5) is 23.2. The number of H-pyrrole nitrogens is 1. The number of aryl methyl sites for hydroxylation is 1. The summed E-state index contributed by atoms with van der Waals surface area (Å²) >= 11 is 1.72. The second-order valence-electron chi connectivity index (χ2n) is 5.70. The van der Waals surface area contributed by atoms with Gasteiger partial charge in [0, 0.05) is 31.4 Å². The Kier molecular flexibility index (Phi) is 3.75. The van der Waals surface area contributed by atoms with Crippen LogP contribution in [0.4, 0.5) is 0 Å². The summed E-state index contributed by atoms with van der Waals surface area (Å²) in [6, 6.07) is 8.15. The Morgan fingerprint density at radius 3 is 3.04 bits per heavy atom. The number of aromatic nitrogens is 3. The number of aromatic amines is 1. The summed E-state index contributed by atoms with van der Waals surface area (Å²) in [6.45, 7) is 2.18. The molecule has 0 unspecified atom stereocenters. The summed E-state index contributed by atoms with van der Waals surface area (Å²) in [7, 11) is 0. The highest BCUT2D eigenvalue weighted by Crippen LogP contribution is 2.27. The number of imidazole rings is 1. The molecule has 4 heterocycles. The molecule has 118 valence electrons. The van der Waals surface area contributed by atoms with Crippen LogP contribution in [0.3, 0.4) is 0 Å². The molecule has 1 aliphatic rings. The molecule has 0 fully saturated rings. The number of rotatable bonds is 4. The monoisotopic (exact) mass is 326 g/mol. The molecular formula is C17H18N4OS. The maximum Gasteiger partial charge on any atom is 0.223 e.